The first kappa shape index (κ1) is 15.0. The number of halogens is 1. The van der Waals surface area contributed by atoms with Crippen LogP contribution in [0.2, 0.25) is 0 Å². The highest BCUT2D eigenvalue weighted by molar-refractivity contribution is 7.99. The highest BCUT2D eigenvalue weighted by Crippen LogP contribution is 2.27. The summed E-state index contributed by atoms with van der Waals surface area (Å²) in [6.45, 7) is 5.29. The van der Waals surface area contributed by atoms with Crippen molar-refractivity contribution in [2.75, 3.05) is 6.54 Å². The summed E-state index contributed by atoms with van der Waals surface area (Å²) < 4.78 is 13.2. The van der Waals surface area contributed by atoms with Gasteiger partial charge in [-0.3, -0.25) is 0 Å². The van der Waals surface area contributed by atoms with Crippen molar-refractivity contribution < 1.29 is 4.39 Å². The molecule has 1 N–H and O–H groups in total. The summed E-state index contributed by atoms with van der Waals surface area (Å²) in [6, 6.07) is 11.0. The van der Waals surface area contributed by atoms with Crippen LogP contribution >= 0.6 is 11.8 Å². The van der Waals surface area contributed by atoms with Crippen molar-refractivity contribution in [2.24, 2.45) is 0 Å². The molecule has 2 nitrogen and oxygen atoms in total. The predicted octanol–water partition coefficient (Wildman–Crippen LogP) is 4.43. The van der Waals surface area contributed by atoms with Gasteiger partial charge in [0.1, 0.15) is 10.8 Å². The molecule has 0 aliphatic heterocycles. The number of aromatic nitrogens is 1. The first-order valence-electron chi connectivity index (χ1n) is 6.82. The van der Waals surface area contributed by atoms with Gasteiger partial charge in [0, 0.05) is 17.1 Å². The van der Waals surface area contributed by atoms with Gasteiger partial charge in [-0.25, -0.2) is 9.37 Å². The number of rotatable bonds is 6. The molecule has 0 saturated heterocycles. The van der Waals surface area contributed by atoms with Gasteiger partial charge in [0.15, 0.2) is 0 Å². The monoisotopic (exact) mass is 290 g/mol. The van der Waals surface area contributed by atoms with Crippen molar-refractivity contribution in [2.45, 2.75) is 36.2 Å². The van der Waals surface area contributed by atoms with Crippen LogP contribution in [0.4, 0.5) is 4.39 Å². The Balaban J connectivity index is 2.09. The van der Waals surface area contributed by atoms with Gasteiger partial charge in [0.25, 0.3) is 0 Å². The van der Waals surface area contributed by atoms with Crippen LogP contribution in [0.25, 0.3) is 0 Å². The molecule has 0 fully saturated rings. The zero-order chi connectivity index (χ0) is 14.4. The van der Waals surface area contributed by atoms with Crippen LogP contribution in [0.1, 0.15) is 31.9 Å². The molecule has 0 aliphatic rings. The first-order valence-corrected chi connectivity index (χ1v) is 7.63. The van der Waals surface area contributed by atoms with Gasteiger partial charge in [-0.15, -0.1) is 0 Å². The molecule has 0 radical (unpaired) electrons. The molecule has 0 aliphatic carbocycles. The Morgan fingerprint density at radius 2 is 2.15 bits per heavy atom. The minimum atomic E-state index is -0.218. The predicted molar refractivity (Wildman–Crippen MR) is 81.5 cm³/mol. The summed E-state index contributed by atoms with van der Waals surface area (Å²) in [5.74, 6) is -0.218. The number of hydrogen-bond donors (Lipinski definition) is 1. The van der Waals surface area contributed by atoms with Crippen molar-refractivity contribution in [1.29, 1.82) is 0 Å². The molecular weight excluding hydrogens is 271 g/mol. The lowest BCUT2D eigenvalue weighted by Gasteiger charge is -2.14. The van der Waals surface area contributed by atoms with E-state index in [9.17, 15) is 4.39 Å². The van der Waals surface area contributed by atoms with Gasteiger partial charge in [-0.05, 0) is 55.8 Å². The Morgan fingerprint density at radius 1 is 1.30 bits per heavy atom. The molecule has 2 aromatic rings. The van der Waals surface area contributed by atoms with Gasteiger partial charge < -0.3 is 5.32 Å². The fraction of sp³-hybridized carbons (Fsp3) is 0.312. The van der Waals surface area contributed by atoms with E-state index in [1.165, 1.54) is 29.5 Å². The third kappa shape index (κ3) is 4.32. The second-order valence-corrected chi connectivity index (χ2v) is 5.76. The minimum absolute atomic E-state index is 0.218. The Kier molecular flexibility index (Phi) is 5.56. The molecule has 1 atom stereocenters. The third-order valence-corrected chi connectivity index (χ3v) is 3.90. The van der Waals surface area contributed by atoms with Gasteiger partial charge in [-0.2, -0.15) is 0 Å². The number of pyridine rings is 1. The van der Waals surface area contributed by atoms with Crippen molar-refractivity contribution in [3.8, 4) is 0 Å². The normalized spacial score (nSPS) is 12.3. The maximum Gasteiger partial charge on any atom is 0.124 e. The molecule has 1 aromatic heterocycles. The van der Waals surface area contributed by atoms with Crippen LogP contribution in [0.5, 0.6) is 0 Å². The van der Waals surface area contributed by atoms with Crippen molar-refractivity contribution in [3.05, 3.63) is 54.0 Å². The second kappa shape index (κ2) is 7.41. The maximum atomic E-state index is 13.2. The van der Waals surface area contributed by atoms with E-state index in [1.807, 2.05) is 12.1 Å². The Morgan fingerprint density at radius 3 is 2.90 bits per heavy atom. The van der Waals surface area contributed by atoms with Crippen LogP contribution in [-0.4, -0.2) is 11.5 Å². The lowest BCUT2D eigenvalue weighted by atomic mass is 10.1. The molecule has 1 aromatic carbocycles. The summed E-state index contributed by atoms with van der Waals surface area (Å²) >= 11 is 1.48. The average molecular weight is 290 g/mol. The van der Waals surface area contributed by atoms with E-state index in [2.05, 4.69) is 30.2 Å². The van der Waals surface area contributed by atoms with Crippen LogP contribution in [0, 0.1) is 5.82 Å². The highest BCUT2D eigenvalue weighted by atomic mass is 32.2. The highest BCUT2D eigenvalue weighted by Gasteiger charge is 2.07. The molecule has 106 valence electrons. The fourth-order valence-corrected chi connectivity index (χ4v) is 2.75. The Hall–Kier alpha value is -1.39. The third-order valence-electron chi connectivity index (χ3n) is 2.98. The molecule has 0 saturated carbocycles. The minimum Gasteiger partial charge on any atom is -0.310 e. The van der Waals surface area contributed by atoms with Crippen molar-refractivity contribution in [3.63, 3.8) is 0 Å². The van der Waals surface area contributed by atoms with Crippen molar-refractivity contribution >= 4 is 11.8 Å². The molecule has 2 rings (SSSR count). The maximum absolute atomic E-state index is 13.2. The van der Waals surface area contributed by atoms with E-state index in [4.69, 9.17) is 0 Å². The lowest BCUT2D eigenvalue weighted by molar-refractivity contribution is 0.569. The van der Waals surface area contributed by atoms with Gasteiger partial charge in [-0.1, -0.05) is 24.8 Å². The lowest BCUT2D eigenvalue weighted by Crippen LogP contribution is -2.19. The van der Waals surface area contributed by atoms with E-state index < -0.39 is 0 Å². The average Bonchev–Trinajstić information content (AvgIpc) is 2.45. The first-order chi connectivity index (χ1) is 9.69. The zero-order valence-corrected chi connectivity index (χ0v) is 12.6. The molecule has 1 unspecified atom stereocenters. The summed E-state index contributed by atoms with van der Waals surface area (Å²) in [4.78, 5) is 5.20. The summed E-state index contributed by atoms with van der Waals surface area (Å²) in [7, 11) is 0. The number of hydrogen-bond acceptors (Lipinski definition) is 3. The number of nitrogens with zero attached hydrogens (tertiary/aromatic N) is 1. The molecular formula is C16H19FN2S. The van der Waals surface area contributed by atoms with Gasteiger partial charge >= 0.3 is 0 Å². The van der Waals surface area contributed by atoms with E-state index >= 15 is 0 Å². The fourth-order valence-electron chi connectivity index (χ4n) is 1.88. The second-order valence-electron chi connectivity index (χ2n) is 4.66. The standard InChI is InChI=1S/C16H19FN2S/c1-3-8-18-12(2)13-7-9-19-16(10-13)20-15-6-4-5-14(17)11-15/h4-7,9-12,18H,3,8H2,1-2H3. The van der Waals surface area contributed by atoms with Crippen molar-refractivity contribution in [1.82, 2.24) is 10.3 Å². The summed E-state index contributed by atoms with van der Waals surface area (Å²) in [5.41, 5.74) is 1.20. The van der Waals surface area contributed by atoms with E-state index in [-0.39, 0.29) is 5.82 Å². The number of nitrogens with one attached hydrogen (secondary N) is 1. The molecule has 0 bridgehead atoms. The Bertz CT molecular complexity index is 560. The van der Waals surface area contributed by atoms with Gasteiger partial charge in [0.2, 0.25) is 0 Å². The summed E-state index contributed by atoms with van der Waals surface area (Å²) in [6.07, 6.45) is 2.92. The van der Waals surface area contributed by atoms with E-state index in [0.29, 0.717) is 6.04 Å². The largest absolute Gasteiger partial charge is 0.310 e. The number of benzene rings is 1. The van der Waals surface area contributed by atoms with Crippen LogP contribution in [-0.2, 0) is 0 Å². The van der Waals surface area contributed by atoms with Crippen LogP contribution < -0.4 is 5.32 Å². The van der Waals surface area contributed by atoms with E-state index in [1.54, 1.807) is 12.3 Å². The topological polar surface area (TPSA) is 24.9 Å². The summed E-state index contributed by atoms with van der Waals surface area (Å²) in [5, 5.41) is 4.34. The smallest absolute Gasteiger partial charge is 0.124 e. The van der Waals surface area contributed by atoms with Gasteiger partial charge in [0.05, 0.1) is 0 Å². The molecule has 4 heteroatoms. The Labute approximate surface area is 123 Å². The molecule has 20 heavy (non-hydrogen) atoms. The van der Waals surface area contributed by atoms with Crippen LogP contribution in [0.15, 0.2) is 52.5 Å². The molecule has 0 amide bonds. The quantitative estimate of drug-likeness (QED) is 0.851. The SMILES string of the molecule is CCCNC(C)c1ccnc(Sc2cccc(F)c2)c1. The van der Waals surface area contributed by atoms with E-state index in [0.717, 1.165) is 22.9 Å². The zero-order valence-electron chi connectivity index (χ0n) is 11.8. The molecule has 1 heterocycles. The molecule has 0 spiro atoms. The van der Waals surface area contributed by atoms with Crippen LogP contribution in [0.3, 0.4) is 0 Å².